The summed E-state index contributed by atoms with van der Waals surface area (Å²) in [4.78, 5) is 11.5. The fraction of sp³-hybridized carbons (Fsp3) is 0.417. The summed E-state index contributed by atoms with van der Waals surface area (Å²) in [6.45, 7) is 0.650. The van der Waals surface area contributed by atoms with Gasteiger partial charge in [0.1, 0.15) is 5.60 Å². The first-order valence-corrected chi connectivity index (χ1v) is 7.26. The van der Waals surface area contributed by atoms with E-state index in [0.717, 1.165) is 5.56 Å². The standard InChI is InChI=1S/C12H12F2O6S/c1-11(6-20-11)9-4-2-8(3-5-9)10(15)19-7-12(13,14)21(16,17)18/h2-5H,6-7H2,1H3,(H,16,17,18). The summed E-state index contributed by atoms with van der Waals surface area (Å²) >= 11 is 0. The van der Waals surface area contributed by atoms with Crippen molar-refractivity contribution in [3.63, 3.8) is 0 Å². The molecule has 1 atom stereocenters. The van der Waals surface area contributed by atoms with Gasteiger partial charge in [-0.3, -0.25) is 4.55 Å². The summed E-state index contributed by atoms with van der Waals surface area (Å²) in [6, 6.07) is 5.89. The lowest BCUT2D eigenvalue weighted by atomic mass is 10.0. The maximum absolute atomic E-state index is 12.9. The Morgan fingerprint density at radius 2 is 1.95 bits per heavy atom. The predicted octanol–water partition coefficient (Wildman–Crippen LogP) is 1.57. The Bertz CT molecular complexity index is 649. The van der Waals surface area contributed by atoms with Crippen molar-refractivity contribution in [1.29, 1.82) is 0 Å². The van der Waals surface area contributed by atoms with Gasteiger partial charge in [-0.05, 0) is 24.6 Å². The zero-order valence-corrected chi connectivity index (χ0v) is 11.7. The quantitative estimate of drug-likeness (QED) is 0.502. The Morgan fingerprint density at radius 1 is 1.43 bits per heavy atom. The number of esters is 1. The van der Waals surface area contributed by atoms with Crippen molar-refractivity contribution in [2.24, 2.45) is 0 Å². The van der Waals surface area contributed by atoms with Crippen molar-refractivity contribution < 1.29 is 36.0 Å². The number of epoxide rings is 1. The van der Waals surface area contributed by atoms with Crippen LogP contribution >= 0.6 is 0 Å². The molecule has 1 heterocycles. The van der Waals surface area contributed by atoms with Gasteiger partial charge in [-0.15, -0.1) is 0 Å². The number of hydrogen-bond donors (Lipinski definition) is 1. The van der Waals surface area contributed by atoms with Gasteiger partial charge in [0.2, 0.25) is 0 Å². The molecule has 1 fully saturated rings. The zero-order chi connectivity index (χ0) is 15.9. The molecule has 1 saturated heterocycles. The van der Waals surface area contributed by atoms with Gasteiger partial charge in [-0.2, -0.15) is 17.2 Å². The Balaban J connectivity index is 2.01. The molecule has 21 heavy (non-hydrogen) atoms. The minimum absolute atomic E-state index is 0.0193. The van der Waals surface area contributed by atoms with Crippen LogP contribution in [0.2, 0.25) is 0 Å². The Hall–Kier alpha value is -1.58. The predicted molar refractivity (Wildman–Crippen MR) is 66.5 cm³/mol. The van der Waals surface area contributed by atoms with Gasteiger partial charge in [-0.1, -0.05) is 12.1 Å². The molecule has 0 bridgehead atoms. The maximum atomic E-state index is 12.9. The average molecular weight is 322 g/mol. The van der Waals surface area contributed by atoms with Crippen LogP contribution in [-0.4, -0.2) is 37.4 Å². The fourth-order valence-corrected chi connectivity index (χ4v) is 1.75. The van der Waals surface area contributed by atoms with E-state index >= 15 is 0 Å². The topological polar surface area (TPSA) is 93.2 Å². The third-order valence-electron chi connectivity index (χ3n) is 3.06. The molecule has 1 unspecified atom stereocenters. The summed E-state index contributed by atoms with van der Waals surface area (Å²) in [7, 11) is -5.63. The summed E-state index contributed by atoms with van der Waals surface area (Å²) < 4.78 is 64.2. The highest BCUT2D eigenvalue weighted by molar-refractivity contribution is 7.86. The largest absolute Gasteiger partial charge is 0.454 e. The van der Waals surface area contributed by atoms with E-state index < -0.39 is 27.9 Å². The minimum Gasteiger partial charge on any atom is -0.454 e. The molecule has 9 heteroatoms. The van der Waals surface area contributed by atoms with Gasteiger partial charge < -0.3 is 9.47 Å². The van der Waals surface area contributed by atoms with Gasteiger partial charge in [0, 0.05) is 0 Å². The van der Waals surface area contributed by atoms with Crippen LogP contribution in [0.5, 0.6) is 0 Å². The first-order chi connectivity index (χ1) is 9.55. The average Bonchev–Trinajstić information content (AvgIpc) is 3.14. The summed E-state index contributed by atoms with van der Waals surface area (Å²) in [5, 5.41) is -4.54. The van der Waals surface area contributed by atoms with Crippen molar-refractivity contribution in [1.82, 2.24) is 0 Å². The Labute approximate surface area is 119 Å². The van der Waals surface area contributed by atoms with Gasteiger partial charge in [0.25, 0.3) is 0 Å². The van der Waals surface area contributed by atoms with E-state index in [0.29, 0.717) is 6.61 Å². The Kier molecular flexibility index (Phi) is 3.77. The lowest BCUT2D eigenvalue weighted by Crippen LogP contribution is -2.34. The molecule has 1 aliphatic heterocycles. The van der Waals surface area contributed by atoms with Gasteiger partial charge >= 0.3 is 21.3 Å². The molecule has 1 aromatic rings. The second kappa shape index (κ2) is 5.00. The monoisotopic (exact) mass is 322 g/mol. The molecule has 0 saturated carbocycles. The smallest absolute Gasteiger partial charge is 0.402 e. The van der Waals surface area contributed by atoms with E-state index in [9.17, 15) is 22.0 Å². The molecular weight excluding hydrogens is 310 g/mol. The molecule has 1 aromatic carbocycles. The van der Waals surface area contributed by atoms with Gasteiger partial charge in [0.05, 0.1) is 12.2 Å². The van der Waals surface area contributed by atoms with Crippen LogP contribution < -0.4 is 0 Å². The summed E-state index contributed by atoms with van der Waals surface area (Å²) in [5.41, 5.74) is 0.414. The SMILES string of the molecule is CC1(c2ccc(C(=O)OCC(F)(F)S(=O)(=O)O)cc2)CO1. The highest BCUT2D eigenvalue weighted by Crippen LogP contribution is 2.37. The highest BCUT2D eigenvalue weighted by atomic mass is 32.2. The third-order valence-corrected chi connectivity index (χ3v) is 3.93. The molecular formula is C12H12F2O6S. The number of carbonyl (C=O) groups excluding carboxylic acids is 1. The van der Waals surface area contributed by atoms with Crippen molar-refractivity contribution in [2.45, 2.75) is 17.8 Å². The van der Waals surface area contributed by atoms with Crippen LogP contribution in [0.4, 0.5) is 8.78 Å². The number of carbonyl (C=O) groups is 1. The van der Waals surface area contributed by atoms with Crippen molar-refractivity contribution in [3.8, 4) is 0 Å². The van der Waals surface area contributed by atoms with E-state index in [4.69, 9.17) is 9.29 Å². The van der Waals surface area contributed by atoms with Gasteiger partial charge in [0.15, 0.2) is 6.61 Å². The molecule has 0 spiro atoms. The molecule has 1 aliphatic rings. The number of alkyl halides is 2. The first-order valence-electron chi connectivity index (χ1n) is 5.82. The van der Waals surface area contributed by atoms with Crippen molar-refractivity contribution >= 4 is 16.1 Å². The lowest BCUT2D eigenvalue weighted by Gasteiger charge is -2.13. The molecule has 0 aliphatic carbocycles. The number of benzene rings is 1. The van der Waals surface area contributed by atoms with E-state index in [1.54, 1.807) is 12.1 Å². The first kappa shape index (κ1) is 15.8. The molecule has 2 rings (SSSR count). The summed E-state index contributed by atoms with van der Waals surface area (Å²) in [5.74, 6) is -1.12. The molecule has 0 radical (unpaired) electrons. The fourth-order valence-electron chi connectivity index (χ4n) is 1.54. The molecule has 116 valence electrons. The second-order valence-corrected chi connectivity index (χ2v) is 6.33. The van der Waals surface area contributed by atoms with Crippen LogP contribution in [0.25, 0.3) is 0 Å². The summed E-state index contributed by atoms with van der Waals surface area (Å²) in [6.07, 6.45) is 0. The molecule has 0 aromatic heterocycles. The number of halogens is 2. The van der Waals surface area contributed by atoms with E-state index in [1.807, 2.05) is 6.92 Å². The molecule has 0 amide bonds. The number of hydrogen-bond acceptors (Lipinski definition) is 5. The number of rotatable bonds is 5. The van der Waals surface area contributed by atoms with E-state index in [2.05, 4.69) is 4.74 Å². The minimum atomic E-state index is -5.63. The highest BCUT2D eigenvalue weighted by Gasteiger charge is 2.45. The van der Waals surface area contributed by atoms with E-state index in [1.165, 1.54) is 12.1 Å². The maximum Gasteiger partial charge on any atom is 0.402 e. The van der Waals surface area contributed by atoms with Gasteiger partial charge in [-0.25, -0.2) is 4.79 Å². The van der Waals surface area contributed by atoms with E-state index in [-0.39, 0.29) is 11.2 Å². The normalized spacial score (nSPS) is 21.9. The second-order valence-electron chi connectivity index (χ2n) is 4.79. The molecule has 1 N–H and O–H groups in total. The zero-order valence-electron chi connectivity index (χ0n) is 10.9. The molecule has 6 nitrogen and oxygen atoms in total. The van der Waals surface area contributed by atoms with Crippen LogP contribution in [0.1, 0.15) is 22.8 Å². The number of ether oxygens (including phenoxy) is 2. The third kappa shape index (κ3) is 3.36. The van der Waals surface area contributed by atoms with Crippen LogP contribution in [0, 0.1) is 0 Å². The van der Waals surface area contributed by atoms with Crippen LogP contribution in [0.15, 0.2) is 24.3 Å². The Morgan fingerprint density at radius 3 is 2.38 bits per heavy atom. The van der Waals surface area contributed by atoms with Crippen molar-refractivity contribution in [3.05, 3.63) is 35.4 Å². The van der Waals surface area contributed by atoms with Crippen LogP contribution in [-0.2, 0) is 25.2 Å². The lowest BCUT2D eigenvalue weighted by molar-refractivity contribution is -0.00950. The van der Waals surface area contributed by atoms with Crippen molar-refractivity contribution in [2.75, 3.05) is 13.2 Å². The van der Waals surface area contributed by atoms with Crippen LogP contribution in [0.3, 0.4) is 0 Å².